The number of ether oxygens (including phenoxy) is 1. The zero-order valence-corrected chi connectivity index (χ0v) is 16.4. The van der Waals surface area contributed by atoms with E-state index in [1.165, 1.54) is 12.5 Å². The van der Waals surface area contributed by atoms with Crippen LogP contribution in [-0.2, 0) is 4.79 Å². The summed E-state index contributed by atoms with van der Waals surface area (Å²) in [5.41, 5.74) is 3.18. The maximum Gasteiger partial charge on any atom is 0.221 e. The van der Waals surface area contributed by atoms with Crippen LogP contribution in [0, 0.1) is 5.92 Å². The summed E-state index contributed by atoms with van der Waals surface area (Å²) in [5, 5.41) is 6.44. The van der Waals surface area contributed by atoms with Gasteiger partial charge in [-0.2, -0.15) is 0 Å². The van der Waals surface area contributed by atoms with Crippen molar-refractivity contribution in [3.05, 3.63) is 59.7 Å². The van der Waals surface area contributed by atoms with Gasteiger partial charge in [0.2, 0.25) is 5.91 Å². The lowest BCUT2D eigenvalue weighted by molar-refractivity contribution is -0.114. The molecule has 0 spiro atoms. The molecule has 140 valence electrons. The zero-order valence-electron chi connectivity index (χ0n) is 16.4. The molecule has 0 saturated heterocycles. The van der Waals surface area contributed by atoms with Crippen molar-refractivity contribution in [3.8, 4) is 5.75 Å². The van der Waals surface area contributed by atoms with Gasteiger partial charge in [0, 0.05) is 24.7 Å². The van der Waals surface area contributed by atoms with Gasteiger partial charge in [0.1, 0.15) is 5.75 Å². The molecular formula is C22H30N2O2. The molecule has 0 saturated carbocycles. The molecule has 2 aromatic carbocycles. The molecule has 0 aliphatic heterocycles. The average molecular weight is 354 g/mol. The van der Waals surface area contributed by atoms with Gasteiger partial charge in [-0.15, -0.1) is 0 Å². The third-order valence-corrected chi connectivity index (χ3v) is 4.17. The summed E-state index contributed by atoms with van der Waals surface area (Å²) in [6, 6.07) is 16.6. The third-order valence-electron chi connectivity index (χ3n) is 4.17. The Balaban J connectivity index is 1.98. The molecule has 2 N–H and O–H groups in total. The van der Waals surface area contributed by atoms with Crippen molar-refractivity contribution < 1.29 is 9.53 Å². The second-order valence-electron chi connectivity index (χ2n) is 7.19. The molecule has 26 heavy (non-hydrogen) atoms. The zero-order chi connectivity index (χ0) is 19.1. The van der Waals surface area contributed by atoms with E-state index in [1.807, 2.05) is 30.3 Å². The third kappa shape index (κ3) is 6.19. The second kappa shape index (κ2) is 9.39. The Labute approximate surface area is 157 Å². The van der Waals surface area contributed by atoms with Crippen molar-refractivity contribution in [2.24, 2.45) is 5.92 Å². The van der Waals surface area contributed by atoms with Gasteiger partial charge in [0.05, 0.1) is 6.61 Å². The van der Waals surface area contributed by atoms with Crippen molar-refractivity contribution >= 4 is 11.6 Å². The van der Waals surface area contributed by atoms with Crippen LogP contribution in [0.15, 0.2) is 48.5 Å². The number of hydrogen-bond acceptors (Lipinski definition) is 3. The van der Waals surface area contributed by atoms with E-state index in [-0.39, 0.29) is 18.0 Å². The maximum absolute atomic E-state index is 11.2. The van der Waals surface area contributed by atoms with E-state index in [9.17, 15) is 4.79 Å². The number of carbonyl (C=O) groups excluding carboxylic acids is 1. The summed E-state index contributed by atoms with van der Waals surface area (Å²) in [5.74, 6) is 1.37. The molecular weight excluding hydrogens is 324 g/mol. The number of benzene rings is 2. The van der Waals surface area contributed by atoms with Gasteiger partial charge >= 0.3 is 0 Å². The number of rotatable bonds is 8. The van der Waals surface area contributed by atoms with Crippen LogP contribution in [-0.4, -0.2) is 12.5 Å². The molecule has 0 aliphatic carbocycles. The summed E-state index contributed by atoms with van der Waals surface area (Å²) >= 11 is 0. The highest BCUT2D eigenvalue weighted by atomic mass is 16.5. The SMILES string of the molecule is CC(=O)Nc1cccc(C(C)NC(C)c2ccc(OCC(C)C)cc2)c1. The number of hydrogen-bond donors (Lipinski definition) is 2. The standard InChI is InChI=1S/C22H30N2O2/c1-15(2)14-26-22-11-9-19(10-12-22)16(3)23-17(4)20-7-6-8-21(13-20)24-18(5)25/h6-13,15-17,23H,14H2,1-5H3,(H,24,25). The fraction of sp³-hybridized carbons (Fsp3) is 0.409. The van der Waals surface area contributed by atoms with Crippen LogP contribution in [0.5, 0.6) is 5.75 Å². The molecule has 0 aliphatic rings. The normalized spacial score (nSPS) is 13.3. The van der Waals surface area contributed by atoms with Gasteiger partial charge in [0.15, 0.2) is 0 Å². The summed E-state index contributed by atoms with van der Waals surface area (Å²) in [7, 11) is 0. The Morgan fingerprint density at radius 1 is 0.962 bits per heavy atom. The second-order valence-corrected chi connectivity index (χ2v) is 7.19. The number of nitrogens with one attached hydrogen (secondary N) is 2. The molecule has 2 unspecified atom stereocenters. The van der Waals surface area contributed by atoms with Crippen LogP contribution in [0.4, 0.5) is 5.69 Å². The van der Waals surface area contributed by atoms with E-state index >= 15 is 0 Å². The Hall–Kier alpha value is -2.33. The smallest absolute Gasteiger partial charge is 0.221 e. The number of anilines is 1. The highest BCUT2D eigenvalue weighted by molar-refractivity contribution is 5.88. The molecule has 2 aromatic rings. The minimum atomic E-state index is -0.0593. The molecule has 1 amide bonds. The van der Waals surface area contributed by atoms with Crippen LogP contribution in [0.25, 0.3) is 0 Å². The van der Waals surface area contributed by atoms with E-state index in [1.54, 1.807) is 0 Å². The van der Waals surface area contributed by atoms with Crippen LogP contribution < -0.4 is 15.4 Å². The Morgan fingerprint density at radius 2 is 1.62 bits per heavy atom. The van der Waals surface area contributed by atoms with Crippen LogP contribution in [0.1, 0.15) is 57.8 Å². The van der Waals surface area contributed by atoms with Crippen molar-refractivity contribution in [3.63, 3.8) is 0 Å². The van der Waals surface area contributed by atoms with E-state index in [2.05, 4.69) is 56.5 Å². The first kappa shape index (κ1) is 20.0. The summed E-state index contributed by atoms with van der Waals surface area (Å²) in [4.78, 5) is 11.2. The van der Waals surface area contributed by atoms with Crippen LogP contribution >= 0.6 is 0 Å². The van der Waals surface area contributed by atoms with Gasteiger partial charge in [-0.25, -0.2) is 0 Å². The molecule has 2 atom stereocenters. The van der Waals surface area contributed by atoms with E-state index < -0.39 is 0 Å². The van der Waals surface area contributed by atoms with Gasteiger partial charge in [0.25, 0.3) is 0 Å². The van der Waals surface area contributed by atoms with E-state index in [4.69, 9.17) is 4.74 Å². The van der Waals surface area contributed by atoms with E-state index in [0.717, 1.165) is 23.6 Å². The fourth-order valence-corrected chi connectivity index (χ4v) is 2.77. The largest absolute Gasteiger partial charge is 0.493 e. The highest BCUT2D eigenvalue weighted by Gasteiger charge is 2.12. The topological polar surface area (TPSA) is 50.4 Å². The highest BCUT2D eigenvalue weighted by Crippen LogP contribution is 2.23. The molecule has 0 heterocycles. The minimum Gasteiger partial charge on any atom is -0.493 e. The molecule has 4 heteroatoms. The van der Waals surface area contributed by atoms with Gasteiger partial charge < -0.3 is 15.4 Å². The summed E-state index contributed by atoms with van der Waals surface area (Å²) in [6.45, 7) is 10.8. The first-order chi connectivity index (χ1) is 12.3. The molecule has 0 fully saturated rings. The Morgan fingerprint density at radius 3 is 2.23 bits per heavy atom. The first-order valence-corrected chi connectivity index (χ1v) is 9.21. The molecule has 0 radical (unpaired) electrons. The van der Waals surface area contributed by atoms with Gasteiger partial charge in [-0.05, 0) is 55.2 Å². The summed E-state index contributed by atoms with van der Waals surface area (Å²) in [6.07, 6.45) is 0. The minimum absolute atomic E-state index is 0.0593. The Kier molecular flexibility index (Phi) is 7.22. The molecule has 4 nitrogen and oxygen atoms in total. The lowest BCUT2D eigenvalue weighted by atomic mass is 10.0. The van der Waals surface area contributed by atoms with Crippen LogP contribution in [0.3, 0.4) is 0 Å². The van der Waals surface area contributed by atoms with Crippen LogP contribution in [0.2, 0.25) is 0 Å². The summed E-state index contributed by atoms with van der Waals surface area (Å²) < 4.78 is 5.74. The monoisotopic (exact) mass is 354 g/mol. The van der Waals surface area contributed by atoms with Gasteiger partial charge in [-0.3, -0.25) is 4.79 Å². The molecule has 0 aromatic heterocycles. The Bertz CT molecular complexity index is 710. The van der Waals surface area contributed by atoms with E-state index in [0.29, 0.717) is 5.92 Å². The predicted octanol–water partition coefficient (Wildman–Crippen LogP) is 5.09. The quantitative estimate of drug-likeness (QED) is 0.694. The van der Waals surface area contributed by atoms with Crippen molar-refractivity contribution in [2.45, 2.75) is 46.7 Å². The molecule has 2 rings (SSSR count). The number of amides is 1. The predicted molar refractivity (Wildman–Crippen MR) is 107 cm³/mol. The van der Waals surface area contributed by atoms with Crippen molar-refractivity contribution in [1.29, 1.82) is 0 Å². The van der Waals surface area contributed by atoms with Crippen molar-refractivity contribution in [1.82, 2.24) is 5.32 Å². The average Bonchev–Trinajstić information content (AvgIpc) is 2.60. The lowest BCUT2D eigenvalue weighted by Crippen LogP contribution is -2.22. The lowest BCUT2D eigenvalue weighted by Gasteiger charge is -2.21. The maximum atomic E-state index is 11.2. The van der Waals surface area contributed by atoms with Crippen molar-refractivity contribution in [2.75, 3.05) is 11.9 Å². The molecule has 0 bridgehead atoms. The van der Waals surface area contributed by atoms with Gasteiger partial charge in [-0.1, -0.05) is 38.1 Å². The fourth-order valence-electron chi connectivity index (χ4n) is 2.77. The number of carbonyl (C=O) groups is 1. The first-order valence-electron chi connectivity index (χ1n) is 9.21.